The third kappa shape index (κ3) is 2.73. The highest BCUT2D eigenvalue weighted by atomic mass is 19.3. The maximum atomic E-state index is 14.1. The van der Waals surface area contributed by atoms with Gasteiger partial charge in [-0.2, -0.15) is 8.78 Å². The molecule has 1 fully saturated rings. The van der Waals surface area contributed by atoms with Crippen LogP contribution < -0.4 is 10.2 Å². The van der Waals surface area contributed by atoms with Crippen LogP contribution in [0.5, 0.6) is 0 Å². The Morgan fingerprint density at radius 2 is 1.58 bits per heavy atom. The maximum absolute atomic E-state index is 14.1. The first-order valence-corrected chi connectivity index (χ1v) is 7.74. The molecular weight excluding hydrogens is 324 g/mol. The molecule has 0 spiro atoms. The van der Waals surface area contributed by atoms with Crippen LogP contribution in [0.4, 0.5) is 23.2 Å². The van der Waals surface area contributed by atoms with Gasteiger partial charge in [0.2, 0.25) is 0 Å². The molecule has 2 aromatic rings. The number of nitrogens with one attached hydrogen (secondary N) is 2. The van der Waals surface area contributed by atoms with E-state index in [9.17, 15) is 22.4 Å². The van der Waals surface area contributed by atoms with Gasteiger partial charge in [0.05, 0.1) is 13.1 Å². The number of anilines is 1. The van der Waals surface area contributed by atoms with Crippen LogP contribution in [0.3, 0.4) is 0 Å². The molecule has 0 aliphatic carbocycles. The number of rotatable bonds is 4. The third-order valence-corrected chi connectivity index (χ3v) is 4.37. The summed E-state index contributed by atoms with van der Waals surface area (Å²) >= 11 is 0. The fourth-order valence-electron chi connectivity index (χ4n) is 3.02. The van der Waals surface area contributed by atoms with Crippen LogP contribution in [-0.2, 0) is 4.79 Å². The minimum Gasteiger partial charge on any atom is -0.320 e. The van der Waals surface area contributed by atoms with Crippen molar-refractivity contribution in [2.24, 2.45) is 0 Å². The Morgan fingerprint density at radius 1 is 0.958 bits per heavy atom. The molecule has 1 aliphatic heterocycles. The van der Waals surface area contributed by atoms with Crippen LogP contribution in [-0.4, -0.2) is 31.0 Å². The Labute approximate surface area is 136 Å². The summed E-state index contributed by atoms with van der Waals surface area (Å²) in [4.78, 5) is 11.4. The van der Waals surface area contributed by atoms with E-state index in [0.29, 0.717) is 18.2 Å². The predicted octanol–water partition coefficient (Wildman–Crippen LogP) is 2.69. The van der Waals surface area contributed by atoms with Crippen LogP contribution in [0, 0.1) is 0 Å². The minimum atomic E-state index is -4.79. The molecule has 7 heteroatoms. The van der Waals surface area contributed by atoms with Crippen molar-refractivity contribution in [1.82, 2.24) is 0 Å². The second-order valence-corrected chi connectivity index (χ2v) is 5.94. The van der Waals surface area contributed by atoms with Crippen molar-refractivity contribution in [3.63, 3.8) is 0 Å². The Hall–Kier alpha value is -2.15. The van der Waals surface area contributed by atoms with E-state index in [2.05, 4.69) is 0 Å². The number of fused-ring (bicyclic) bond motifs is 1. The number of alkyl halides is 4. The maximum Gasteiger partial charge on any atom is 0.463 e. The summed E-state index contributed by atoms with van der Waals surface area (Å²) in [5.74, 6) is -6.77. The quantitative estimate of drug-likeness (QED) is 0.651. The van der Waals surface area contributed by atoms with Crippen LogP contribution in [0.15, 0.2) is 42.5 Å². The van der Waals surface area contributed by atoms with Crippen molar-refractivity contribution in [1.29, 1.82) is 0 Å². The van der Waals surface area contributed by atoms with E-state index in [1.807, 2.05) is 5.32 Å². The summed E-state index contributed by atoms with van der Waals surface area (Å²) < 4.78 is 56.6. The first kappa shape index (κ1) is 16.7. The van der Waals surface area contributed by atoms with Crippen LogP contribution >= 0.6 is 0 Å². The van der Waals surface area contributed by atoms with E-state index < -0.39 is 22.8 Å². The highest BCUT2D eigenvalue weighted by Crippen LogP contribution is 2.32. The van der Waals surface area contributed by atoms with E-state index in [4.69, 9.17) is 0 Å². The van der Waals surface area contributed by atoms with Gasteiger partial charge in [-0.25, -0.2) is 0 Å². The summed E-state index contributed by atoms with van der Waals surface area (Å²) in [6, 6.07) is 7.10. The standard InChI is InChI=1S/C17H16F4N2O/c18-16(19,17(20,21)23-10-3-4-11-23)15(24)22-14-9-5-7-12-6-1-2-8-13(12)14/h1-2,5-9H,3-4,10-11H2,(H,22,24)/p+1. The summed E-state index contributed by atoms with van der Waals surface area (Å²) in [7, 11) is 0. The smallest absolute Gasteiger partial charge is 0.320 e. The van der Waals surface area contributed by atoms with Crippen molar-refractivity contribution in [2.75, 3.05) is 18.4 Å². The molecule has 0 bridgehead atoms. The molecule has 1 saturated heterocycles. The first-order chi connectivity index (χ1) is 11.3. The Morgan fingerprint density at radius 3 is 2.29 bits per heavy atom. The Balaban J connectivity index is 1.87. The Kier molecular flexibility index (Phi) is 4.21. The summed E-state index contributed by atoms with van der Waals surface area (Å²) in [5.41, 5.74) is 0.0880. The highest BCUT2D eigenvalue weighted by molar-refractivity contribution is 6.04. The second-order valence-electron chi connectivity index (χ2n) is 5.94. The van der Waals surface area contributed by atoms with Crippen LogP contribution in [0.2, 0.25) is 0 Å². The monoisotopic (exact) mass is 341 g/mol. The molecule has 2 aromatic carbocycles. The molecule has 0 unspecified atom stereocenters. The van der Waals surface area contributed by atoms with Crippen molar-refractivity contribution in [3.05, 3.63) is 42.5 Å². The van der Waals surface area contributed by atoms with Gasteiger partial charge >= 0.3 is 17.9 Å². The lowest BCUT2D eigenvalue weighted by molar-refractivity contribution is -0.988. The third-order valence-electron chi connectivity index (χ3n) is 4.37. The number of likely N-dealkylation sites (tertiary alicyclic amines) is 1. The average molecular weight is 341 g/mol. The van der Waals surface area contributed by atoms with Gasteiger partial charge in [-0.05, 0) is 11.5 Å². The highest BCUT2D eigenvalue weighted by Gasteiger charge is 2.69. The van der Waals surface area contributed by atoms with E-state index in [-0.39, 0.29) is 18.8 Å². The average Bonchev–Trinajstić information content (AvgIpc) is 3.10. The van der Waals surface area contributed by atoms with Crippen molar-refractivity contribution >= 4 is 22.4 Å². The lowest BCUT2D eigenvalue weighted by Crippen LogP contribution is -3.19. The molecule has 0 saturated carbocycles. The molecule has 24 heavy (non-hydrogen) atoms. The number of hydrogen-bond donors (Lipinski definition) is 2. The van der Waals surface area contributed by atoms with E-state index >= 15 is 0 Å². The Bertz CT molecular complexity index is 752. The largest absolute Gasteiger partial charge is 0.463 e. The molecule has 0 aromatic heterocycles. The number of halogens is 4. The van der Waals surface area contributed by atoms with Gasteiger partial charge < -0.3 is 5.32 Å². The fraction of sp³-hybridized carbons (Fsp3) is 0.353. The molecule has 1 amide bonds. The molecule has 3 rings (SSSR count). The summed E-state index contributed by atoms with van der Waals surface area (Å²) in [5, 5.41) is 3.21. The molecule has 1 heterocycles. The number of quaternary nitrogens is 1. The second kappa shape index (κ2) is 6.05. The van der Waals surface area contributed by atoms with Crippen molar-refractivity contribution in [3.8, 4) is 0 Å². The lowest BCUT2D eigenvalue weighted by atomic mass is 10.1. The molecule has 1 aliphatic rings. The molecule has 128 valence electrons. The van der Waals surface area contributed by atoms with Crippen LogP contribution in [0.1, 0.15) is 12.8 Å². The number of amides is 1. The number of hydrogen-bond acceptors (Lipinski definition) is 1. The van der Waals surface area contributed by atoms with Gasteiger partial charge in [0, 0.05) is 23.9 Å². The molecule has 0 radical (unpaired) electrons. The summed E-state index contributed by atoms with van der Waals surface area (Å²) in [6.07, 6.45) is 0.901. The molecular formula is C17H17F4N2O+. The summed E-state index contributed by atoms with van der Waals surface area (Å²) in [6.45, 7) is -0.131. The number of carbonyl (C=O) groups excluding carboxylic acids is 1. The first-order valence-electron chi connectivity index (χ1n) is 7.74. The van der Waals surface area contributed by atoms with Gasteiger partial charge in [0.1, 0.15) is 0 Å². The molecule has 0 atom stereocenters. The zero-order chi connectivity index (χ0) is 17.4. The lowest BCUT2D eigenvalue weighted by Gasteiger charge is -2.29. The molecule has 2 N–H and O–H groups in total. The van der Waals surface area contributed by atoms with Gasteiger partial charge in [0.15, 0.2) is 0 Å². The zero-order valence-electron chi connectivity index (χ0n) is 12.8. The topological polar surface area (TPSA) is 33.5 Å². The van der Waals surface area contributed by atoms with Crippen LogP contribution in [0.25, 0.3) is 10.8 Å². The van der Waals surface area contributed by atoms with Crippen molar-refractivity contribution in [2.45, 2.75) is 24.8 Å². The normalized spacial score (nSPS) is 16.5. The van der Waals surface area contributed by atoms with E-state index in [1.54, 1.807) is 36.4 Å². The van der Waals surface area contributed by atoms with Gasteiger partial charge in [-0.15, -0.1) is 8.78 Å². The van der Waals surface area contributed by atoms with E-state index in [0.717, 1.165) is 5.39 Å². The SMILES string of the molecule is O=C(Nc1cccc2ccccc12)C(F)(F)C(F)(F)[NH+]1CCCC1. The molecule has 3 nitrogen and oxygen atoms in total. The minimum absolute atomic E-state index is 0.0653. The van der Waals surface area contributed by atoms with E-state index in [1.165, 1.54) is 6.07 Å². The zero-order valence-corrected chi connectivity index (χ0v) is 12.8. The van der Waals surface area contributed by atoms with Gasteiger partial charge in [0.25, 0.3) is 0 Å². The predicted molar refractivity (Wildman–Crippen MR) is 82.4 cm³/mol. The number of carbonyl (C=O) groups is 1. The van der Waals surface area contributed by atoms with Crippen molar-refractivity contribution < 1.29 is 27.3 Å². The van der Waals surface area contributed by atoms with Gasteiger partial charge in [-0.1, -0.05) is 36.4 Å². The number of benzene rings is 2. The van der Waals surface area contributed by atoms with Gasteiger partial charge in [-0.3, -0.25) is 9.69 Å². The fourth-order valence-corrected chi connectivity index (χ4v) is 3.02.